The number of carbonyl (C=O) groups excluding carboxylic acids is 2. The predicted octanol–water partition coefficient (Wildman–Crippen LogP) is 3.35. The second-order valence-corrected chi connectivity index (χ2v) is 8.16. The van der Waals surface area contributed by atoms with E-state index in [4.69, 9.17) is 9.47 Å². The molecule has 0 heterocycles. The Kier molecular flexibility index (Phi) is 7.41. The van der Waals surface area contributed by atoms with E-state index in [1.54, 1.807) is 26.0 Å². The SMILES string of the molecule is CC(C)[C@@](C)(C#N)NC(=O)COC(=O)[C@@H](C)Oc1ccc(C(C)(C)C)cc1. The van der Waals surface area contributed by atoms with Crippen molar-refractivity contribution in [3.05, 3.63) is 29.8 Å². The molecule has 0 unspecified atom stereocenters. The largest absolute Gasteiger partial charge is 0.479 e. The molecule has 1 aromatic carbocycles. The molecule has 0 aliphatic carbocycles. The highest BCUT2D eigenvalue weighted by atomic mass is 16.6. The minimum Gasteiger partial charge on any atom is -0.479 e. The normalized spacial score (nSPS) is 14.6. The van der Waals surface area contributed by atoms with Gasteiger partial charge >= 0.3 is 5.97 Å². The van der Waals surface area contributed by atoms with Gasteiger partial charge in [0.1, 0.15) is 11.3 Å². The highest BCUT2D eigenvalue weighted by Crippen LogP contribution is 2.24. The van der Waals surface area contributed by atoms with Crippen LogP contribution in [-0.2, 0) is 19.7 Å². The molecule has 0 saturated heterocycles. The molecule has 1 N–H and O–H groups in total. The average molecular weight is 374 g/mol. The minimum atomic E-state index is -1.01. The van der Waals surface area contributed by atoms with E-state index < -0.39 is 30.1 Å². The Morgan fingerprint density at radius 2 is 1.67 bits per heavy atom. The van der Waals surface area contributed by atoms with Gasteiger partial charge in [-0.2, -0.15) is 5.26 Å². The molecule has 0 saturated carbocycles. The standard InChI is InChI=1S/C21H30N2O4/c1-14(2)21(7,13-22)23-18(24)12-26-19(25)15(3)27-17-10-8-16(9-11-17)20(4,5)6/h8-11,14-15H,12H2,1-7H3,(H,23,24)/t15-,21-/m1/s1. The number of ether oxygens (including phenoxy) is 2. The summed E-state index contributed by atoms with van der Waals surface area (Å²) in [5.41, 5.74) is 0.178. The molecule has 1 amide bonds. The first-order chi connectivity index (χ1) is 12.4. The molecule has 148 valence electrons. The van der Waals surface area contributed by atoms with E-state index in [-0.39, 0.29) is 11.3 Å². The number of hydrogen-bond acceptors (Lipinski definition) is 5. The van der Waals surface area contributed by atoms with E-state index in [1.807, 2.05) is 26.0 Å². The molecule has 0 aliphatic rings. The lowest BCUT2D eigenvalue weighted by Gasteiger charge is -2.27. The first-order valence-electron chi connectivity index (χ1n) is 9.05. The van der Waals surface area contributed by atoms with E-state index in [0.717, 1.165) is 5.56 Å². The summed E-state index contributed by atoms with van der Waals surface area (Å²) in [6, 6.07) is 9.58. The molecule has 0 fully saturated rings. The summed E-state index contributed by atoms with van der Waals surface area (Å²) in [4.78, 5) is 24.0. The molecule has 1 aromatic rings. The Morgan fingerprint density at radius 3 is 2.11 bits per heavy atom. The third kappa shape index (κ3) is 6.59. The zero-order valence-corrected chi connectivity index (χ0v) is 17.3. The van der Waals surface area contributed by atoms with E-state index in [1.165, 1.54) is 0 Å². The predicted molar refractivity (Wildman–Crippen MR) is 103 cm³/mol. The Bertz CT molecular complexity index is 698. The highest BCUT2D eigenvalue weighted by Gasteiger charge is 2.30. The second kappa shape index (κ2) is 8.90. The van der Waals surface area contributed by atoms with Crippen molar-refractivity contribution in [1.29, 1.82) is 5.26 Å². The van der Waals surface area contributed by atoms with Crippen LogP contribution in [0.2, 0.25) is 0 Å². The molecule has 0 spiro atoms. The number of carbonyl (C=O) groups is 2. The van der Waals surface area contributed by atoms with E-state index in [0.29, 0.717) is 5.75 Å². The summed E-state index contributed by atoms with van der Waals surface area (Å²) in [6.45, 7) is 12.7. The molecule has 6 nitrogen and oxygen atoms in total. The van der Waals surface area contributed by atoms with Crippen LogP contribution >= 0.6 is 0 Å². The molecular formula is C21H30N2O4. The fourth-order valence-electron chi connectivity index (χ4n) is 2.17. The Labute approximate surface area is 161 Å². The van der Waals surface area contributed by atoms with Crippen LogP contribution in [0.25, 0.3) is 0 Å². The fraction of sp³-hybridized carbons (Fsp3) is 0.571. The second-order valence-electron chi connectivity index (χ2n) is 8.16. The van der Waals surface area contributed by atoms with E-state index in [9.17, 15) is 14.9 Å². The van der Waals surface area contributed by atoms with Gasteiger partial charge in [-0.25, -0.2) is 4.79 Å². The van der Waals surface area contributed by atoms with Gasteiger partial charge in [-0.1, -0.05) is 46.8 Å². The van der Waals surface area contributed by atoms with Gasteiger partial charge in [-0.15, -0.1) is 0 Å². The number of amides is 1. The molecule has 0 radical (unpaired) electrons. The lowest BCUT2D eigenvalue weighted by molar-refractivity contribution is -0.155. The topological polar surface area (TPSA) is 88.4 Å². The van der Waals surface area contributed by atoms with Crippen molar-refractivity contribution in [2.75, 3.05) is 6.61 Å². The molecule has 2 atom stereocenters. The number of benzene rings is 1. The molecular weight excluding hydrogens is 344 g/mol. The Hall–Kier alpha value is -2.55. The van der Waals surface area contributed by atoms with Crippen molar-refractivity contribution in [3.8, 4) is 11.8 Å². The number of esters is 1. The summed E-state index contributed by atoms with van der Waals surface area (Å²) < 4.78 is 10.6. The molecule has 0 bridgehead atoms. The zero-order chi connectivity index (χ0) is 20.8. The lowest BCUT2D eigenvalue weighted by Crippen LogP contribution is -2.50. The van der Waals surface area contributed by atoms with Crippen molar-refractivity contribution in [2.24, 2.45) is 5.92 Å². The quantitative estimate of drug-likeness (QED) is 0.740. The molecule has 6 heteroatoms. The van der Waals surface area contributed by atoms with Crippen LogP contribution < -0.4 is 10.1 Å². The number of nitrogens with one attached hydrogen (secondary N) is 1. The van der Waals surface area contributed by atoms with Gasteiger partial charge in [-0.05, 0) is 42.9 Å². The lowest BCUT2D eigenvalue weighted by atomic mass is 9.87. The molecule has 0 aliphatic heterocycles. The van der Waals surface area contributed by atoms with Crippen LogP contribution in [0, 0.1) is 17.2 Å². The van der Waals surface area contributed by atoms with Crippen LogP contribution in [0.1, 0.15) is 54.0 Å². The van der Waals surface area contributed by atoms with Crippen molar-refractivity contribution in [2.45, 2.75) is 65.5 Å². The summed E-state index contributed by atoms with van der Waals surface area (Å²) in [5.74, 6) is -0.703. The first-order valence-corrected chi connectivity index (χ1v) is 9.05. The van der Waals surface area contributed by atoms with Crippen LogP contribution in [-0.4, -0.2) is 30.1 Å². The number of hydrogen-bond donors (Lipinski definition) is 1. The summed E-state index contributed by atoms with van der Waals surface area (Å²) in [5, 5.41) is 11.8. The number of nitrogens with zero attached hydrogens (tertiary/aromatic N) is 1. The van der Waals surface area contributed by atoms with Gasteiger partial charge in [0.05, 0.1) is 6.07 Å². The fourth-order valence-corrected chi connectivity index (χ4v) is 2.17. The first kappa shape index (κ1) is 22.5. The zero-order valence-electron chi connectivity index (χ0n) is 17.3. The molecule has 27 heavy (non-hydrogen) atoms. The van der Waals surface area contributed by atoms with Crippen LogP contribution in [0.15, 0.2) is 24.3 Å². The van der Waals surface area contributed by atoms with Crippen LogP contribution in [0.5, 0.6) is 5.75 Å². The Morgan fingerprint density at radius 1 is 1.11 bits per heavy atom. The third-order valence-corrected chi connectivity index (χ3v) is 4.50. The van der Waals surface area contributed by atoms with Gasteiger partial charge in [0.15, 0.2) is 12.7 Å². The summed E-state index contributed by atoms with van der Waals surface area (Å²) >= 11 is 0. The third-order valence-electron chi connectivity index (χ3n) is 4.50. The number of nitriles is 1. The van der Waals surface area contributed by atoms with Crippen LogP contribution in [0.4, 0.5) is 0 Å². The Balaban J connectivity index is 2.55. The van der Waals surface area contributed by atoms with E-state index in [2.05, 4.69) is 32.2 Å². The van der Waals surface area contributed by atoms with Gasteiger partial charge in [0.25, 0.3) is 5.91 Å². The maximum absolute atomic E-state index is 12.1. The molecule has 1 rings (SSSR count). The maximum atomic E-state index is 12.1. The van der Waals surface area contributed by atoms with Crippen molar-refractivity contribution in [1.82, 2.24) is 5.32 Å². The molecule has 0 aromatic heterocycles. The van der Waals surface area contributed by atoms with Gasteiger partial charge in [-0.3, -0.25) is 4.79 Å². The summed E-state index contributed by atoms with van der Waals surface area (Å²) in [6.07, 6.45) is -0.856. The van der Waals surface area contributed by atoms with Crippen molar-refractivity contribution in [3.63, 3.8) is 0 Å². The van der Waals surface area contributed by atoms with Crippen molar-refractivity contribution >= 4 is 11.9 Å². The average Bonchev–Trinajstić information content (AvgIpc) is 2.58. The van der Waals surface area contributed by atoms with Crippen LogP contribution in [0.3, 0.4) is 0 Å². The van der Waals surface area contributed by atoms with E-state index >= 15 is 0 Å². The minimum absolute atomic E-state index is 0.0321. The monoisotopic (exact) mass is 374 g/mol. The smallest absolute Gasteiger partial charge is 0.347 e. The van der Waals surface area contributed by atoms with Gasteiger partial charge in [0.2, 0.25) is 0 Å². The van der Waals surface area contributed by atoms with Gasteiger partial charge < -0.3 is 14.8 Å². The summed E-state index contributed by atoms with van der Waals surface area (Å²) in [7, 11) is 0. The van der Waals surface area contributed by atoms with Gasteiger partial charge in [0, 0.05) is 0 Å². The number of rotatable bonds is 7. The maximum Gasteiger partial charge on any atom is 0.347 e. The van der Waals surface area contributed by atoms with Crippen molar-refractivity contribution < 1.29 is 19.1 Å². The highest BCUT2D eigenvalue weighted by molar-refractivity contribution is 5.82.